The predicted molar refractivity (Wildman–Crippen MR) is 156 cm³/mol. The fourth-order valence-electron chi connectivity index (χ4n) is 4.40. The Kier molecular flexibility index (Phi) is 8.72. The monoisotopic (exact) mass is 615 g/mol. The lowest BCUT2D eigenvalue weighted by molar-refractivity contribution is 0.0696. The fraction of sp³-hybridized carbons (Fsp3) is 0.207. The zero-order valence-electron chi connectivity index (χ0n) is 21.8. The SMILES string of the molecule is Cc1c(Cl)cccc1OCCOC(=O)N1CCSc2c(-c3cnn(Cc4c(F)cc(C(=O)O)cc4Cl)c3)cccc21. The van der Waals surface area contributed by atoms with Gasteiger partial charge in [-0.2, -0.15) is 5.10 Å². The molecule has 0 saturated carbocycles. The second-order valence-corrected chi connectivity index (χ2v) is 11.0. The minimum Gasteiger partial charge on any atom is -0.490 e. The molecule has 2 heterocycles. The van der Waals surface area contributed by atoms with Crippen LogP contribution in [-0.4, -0.2) is 52.5 Å². The quantitative estimate of drug-likeness (QED) is 0.210. The number of aromatic nitrogens is 2. The molecular formula is C29H24Cl2FN3O5S. The van der Waals surface area contributed by atoms with E-state index in [4.69, 9.17) is 37.8 Å². The van der Waals surface area contributed by atoms with Gasteiger partial charge in [-0.1, -0.05) is 41.4 Å². The third kappa shape index (κ3) is 6.29. The molecule has 0 atom stereocenters. The summed E-state index contributed by atoms with van der Waals surface area (Å²) in [6.07, 6.45) is 2.93. The van der Waals surface area contributed by atoms with Crippen LogP contribution in [0.5, 0.6) is 5.75 Å². The van der Waals surface area contributed by atoms with Crippen LogP contribution >= 0.6 is 35.0 Å². The molecule has 5 rings (SSSR count). The Bertz CT molecular complexity index is 1610. The van der Waals surface area contributed by atoms with E-state index in [1.54, 1.807) is 41.2 Å². The van der Waals surface area contributed by atoms with Crippen LogP contribution in [0.4, 0.5) is 14.9 Å². The number of carbonyl (C=O) groups is 2. The van der Waals surface area contributed by atoms with Crippen molar-refractivity contribution < 1.29 is 28.6 Å². The molecule has 4 aromatic rings. The molecule has 212 valence electrons. The molecule has 3 aromatic carbocycles. The van der Waals surface area contributed by atoms with Crippen molar-refractivity contribution in [2.24, 2.45) is 0 Å². The molecule has 0 radical (unpaired) electrons. The van der Waals surface area contributed by atoms with Gasteiger partial charge < -0.3 is 14.6 Å². The number of amides is 1. The van der Waals surface area contributed by atoms with Gasteiger partial charge in [0, 0.05) is 55.7 Å². The molecule has 1 aromatic heterocycles. The average Bonchev–Trinajstić information content (AvgIpc) is 3.42. The summed E-state index contributed by atoms with van der Waals surface area (Å²) in [5.74, 6) is -0.672. The summed E-state index contributed by atoms with van der Waals surface area (Å²) in [7, 11) is 0. The van der Waals surface area contributed by atoms with Gasteiger partial charge in [-0.25, -0.2) is 14.0 Å². The zero-order valence-corrected chi connectivity index (χ0v) is 24.1. The lowest BCUT2D eigenvalue weighted by Crippen LogP contribution is -2.36. The highest BCUT2D eigenvalue weighted by Gasteiger charge is 2.27. The number of carboxylic acids is 1. The third-order valence-corrected chi connectivity index (χ3v) is 8.35. The molecule has 0 aliphatic carbocycles. The standard InChI is InChI=1S/C29H24Cl2FN3O5S/c1-17-22(30)5-3-7-26(17)39-9-10-40-29(38)35-8-11-41-27-20(4-2-6-25(27)35)19-14-33-34(15-19)16-21-23(31)12-18(28(36)37)13-24(21)32/h2-7,12-15H,8-11,16H2,1H3,(H,36,37). The predicted octanol–water partition coefficient (Wildman–Crippen LogP) is 7.18. The molecule has 1 aliphatic rings. The molecule has 0 unspecified atom stereocenters. The van der Waals surface area contributed by atoms with Gasteiger partial charge in [-0.05, 0) is 37.3 Å². The first kappa shape index (κ1) is 28.8. The first-order valence-electron chi connectivity index (χ1n) is 12.5. The Morgan fingerprint density at radius 2 is 1.93 bits per heavy atom. The van der Waals surface area contributed by atoms with Gasteiger partial charge in [-0.15, -0.1) is 11.8 Å². The van der Waals surface area contributed by atoms with Crippen LogP contribution in [0.3, 0.4) is 0 Å². The van der Waals surface area contributed by atoms with Crippen molar-refractivity contribution in [1.29, 1.82) is 0 Å². The van der Waals surface area contributed by atoms with E-state index in [1.165, 1.54) is 10.7 Å². The van der Waals surface area contributed by atoms with E-state index in [0.29, 0.717) is 23.1 Å². The second kappa shape index (κ2) is 12.4. The number of hydrogen-bond donors (Lipinski definition) is 1. The summed E-state index contributed by atoms with van der Waals surface area (Å²) in [5.41, 5.74) is 3.10. The summed E-state index contributed by atoms with van der Waals surface area (Å²) in [6, 6.07) is 13.2. The van der Waals surface area contributed by atoms with Gasteiger partial charge in [0.05, 0.1) is 24.0 Å². The summed E-state index contributed by atoms with van der Waals surface area (Å²) >= 11 is 13.9. The van der Waals surface area contributed by atoms with Gasteiger partial charge in [0.15, 0.2) is 0 Å². The summed E-state index contributed by atoms with van der Waals surface area (Å²) in [5, 5.41) is 14.1. The highest BCUT2D eigenvalue weighted by Crippen LogP contribution is 2.42. The van der Waals surface area contributed by atoms with E-state index in [0.717, 1.165) is 33.3 Å². The number of aromatic carboxylic acids is 1. The van der Waals surface area contributed by atoms with Crippen LogP contribution in [-0.2, 0) is 11.3 Å². The smallest absolute Gasteiger partial charge is 0.414 e. The molecule has 0 bridgehead atoms. The van der Waals surface area contributed by atoms with Crippen molar-refractivity contribution in [1.82, 2.24) is 9.78 Å². The molecule has 0 spiro atoms. The van der Waals surface area contributed by atoms with Crippen molar-refractivity contribution in [2.45, 2.75) is 18.4 Å². The number of fused-ring (bicyclic) bond motifs is 1. The summed E-state index contributed by atoms with van der Waals surface area (Å²) in [6.45, 7) is 2.62. The third-order valence-electron chi connectivity index (χ3n) is 6.50. The second-order valence-electron chi connectivity index (χ2n) is 9.13. The van der Waals surface area contributed by atoms with Crippen molar-refractivity contribution in [2.75, 3.05) is 30.4 Å². The molecule has 1 N–H and O–H groups in total. The van der Waals surface area contributed by atoms with Gasteiger partial charge in [0.25, 0.3) is 0 Å². The van der Waals surface area contributed by atoms with Crippen molar-refractivity contribution in [3.63, 3.8) is 0 Å². The van der Waals surface area contributed by atoms with Crippen LogP contribution in [0.15, 0.2) is 65.8 Å². The van der Waals surface area contributed by atoms with Crippen LogP contribution in [0.1, 0.15) is 21.5 Å². The van der Waals surface area contributed by atoms with Gasteiger partial charge in [0.2, 0.25) is 0 Å². The van der Waals surface area contributed by atoms with Gasteiger partial charge in [-0.3, -0.25) is 9.58 Å². The number of benzene rings is 3. The van der Waals surface area contributed by atoms with E-state index < -0.39 is 17.9 Å². The first-order valence-corrected chi connectivity index (χ1v) is 14.3. The topological polar surface area (TPSA) is 93.9 Å². The number of nitrogens with zero attached hydrogens (tertiary/aromatic N) is 3. The molecule has 8 nitrogen and oxygen atoms in total. The van der Waals surface area contributed by atoms with Crippen LogP contribution in [0.25, 0.3) is 11.1 Å². The number of carboxylic acid groups (broad SMARTS) is 1. The minimum atomic E-state index is -1.26. The van der Waals surface area contributed by atoms with Crippen LogP contribution < -0.4 is 9.64 Å². The van der Waals surface area contributed by atoms with E-state index in [-0.39, 0.29) is 35.9 Å². The normalized spacial score (nSPS) is 12.6. The first-order chi connectivity index (χ1) is 19.7. The molecule has 1 amide bonds. The zero-order chi connectivity index (χ0) is 29.1. The maximum absolute atomic E-state index is 14.6. The number of rotatable bonds is 8. The van der Waals surface area contributed by atoms with Crippen LogP contribution in [0.2, 0.25) is 10.0 Å². The van der Waals surface area contributed by atoms with E-state index in [9.17, 15) is 14.0 Å². The lowest BCUT2D eigenvalue weighted by atomic mass is 10.1. The maximum atomic E-state index is 14.6. The van der Waals surface area contributed by atoms with E-state index >= 15 is 0 Å². The molecule has 1 aliphatic heterocycles. The number of halogens is 3. The maximum Gasteiger partial charge on any atom is 0.414 e. The highest BCUT2D eigenvalue weighted by molar-refractivity contribution is 7.99. The molecule has 41 heavy (non-hydrogen) atoms. The van der Waals surface area contributed by atoms with Crippen LogP contribution in [0, 0.1) is 12.7 Å². The number of ether oxygens (including phenoxy) is 2. The Labute approximate surface area is 249 Å². The van der Waals surface area contributed by atoms with Crippen molar-refractivity contribution in [3.05, 3.63) is 93.5 Å². The minimum absolute atomic E-state index is 0.00866. The number of carbonyl (C=O) groups excluding carboxylic acids is 1. The van der Waals surface area contributed by atoms with E-state index in [2.05, 4.69) is 5.10 Å². The number of anilines is 1. The van der Waals surface area contributed by atoms with Crippen molar-refractivity contribution in [3.8, 4) is 16.9 Å². The van der Waals surface area contributed by atoms with E-state index in [1.807, 2.05) is 31.2 Å². The Morgan fingerprint density at radius 1 is 1.12 bits per heavy atom. The fourth-order valence-corrected chi connectivity index (χ4v) is 5.98. The molecule has 0 saturated heterocycles. The average molecular weight is 616 g/mol. The molecule has 12 heteroatoms. The largest absolute Gasteiger partial charge is 0.490 e. The summed E-state index contributed by atoms with van der Waals surface area (Å²) in [4.78, 5) is 26.7. The molecule has 0 fully saturated rings. The number of hydrogen-bond acceptors (Lipinski definition) is 6. The lowest BCUT2D eigenvalue weighted by Gasteiger charge is -2.29. The Balaban J connectivity index is 1.28. The summed E-state index contributed by atoms with van der Waals surface area (Å²) < 4.78 is 27.4. The van der Waals surface area contributed by atoms with Crippen molar-refractivity contribution >= 4 is 52.7 Å². The highest BCUT2D eigenvalue weighted by atomic mass is 35.5. The Hall–Kier alpha value is -3.73. The molecular weight excluding hydrogens is 592 g/mol. The number of thioether (sulfide) groups is 1. The Morgan fingerprint density at radius 3 is 2.71 bits per heavy atom. The van der Waals surface area contributed by atoms with Gasteiger partial charge >= 0.3 is 12.1 Å². The van der Waals surface area contributed by atoms with Gasteiger partial charge in [0.1, 0.15) is 24.8 Å².